The van der Waals surface area contributed by atoms with Gasteiger partial charge in [0.25, 0.3) is 0 Å². The molecular weight excluding hydrogens is 394 g/mol. The number of carbonyl (C=O) groups excluding carboxylic acids is 4. The van der Waals surface area contributed by atoms with E-state index in [0.29, 0.717) is 0 Å². The monoisotopic (exact) mass is 421 g/mol. The van der Waals surface area contributed by atoms with E-state index in [-0.39, 0.29) is 5.75 Å². The van der Waals surface area contributed by atoms with Gasteiger partial charge in [0.15, 0.2) is 0 Å². The minimum absolute atomic E-state index is 0.160. The fourth-order valence-corrected chi connectivity index (χ4v) is 2.27. The third kappa shape index (κ3) is 8.54. The molecule has 4 unspecified atom stereocenters. The van der Waals surface area contributed by atoms with Gasteiger partial charge in [0.05, 0.1) is 19.1 Å². The Labute approximate surface area is 167 Å². The van der Waals surface area contributed by atoms with Crippen LogP contribution in [0.5, 0.6) is 0 Å². The zero-order valence-corrected chi connectivity index (χ0v) is 16.4. The van der Waals surface area contributed by atoms with Crippen molar-refractivity contribution in [2.45, 2.75) is 44.4 Å². The fraction of sp³-hybridized carbons (Fsp3) is 0.667. The van der Waals surface area contributed by atoms with Crippen LogP contribution in [0.2, 0.25) is 0 Å². The molecule has 9 N–H and O–H groups in total. The molecule has 0 aromatic carbocycles. The number of carbonyl (C=O) groups is 5. The molecule has 0 aliphatic heterocycles. The highest BCUT2D eigenvalue weighted by molar-refractivity contribution is 7.80. The number of carboxylic acids is 1. The molecule has 0 heterocycles. The second kappa shape index (κ2) is 12.2. The summed E-state index contributed by atoms with van der Waals surface area (Å²) >= 11 is 3.84. The van der Waals surface area contributed by atoms with Crippen molar-refractivity contribution in [2.75, 3.05) is 12.4 Å². The van der Waals surface area contributed by atoms with Crippen LogP contribution in [0.1, 0.15) is 20.3 Å². The Kier molecular flexibility index (Phi) is 11.1. The Hall–Kier alpha value is -2.38. The average molecular weight is 421 g/mol. The zero-order valence-electron chi connectivity index (χ0n) is 15.5. The molecule has 13 heteroatoms. The number of carboxylic acid groups (broad SMARTS) is 1. The van der Waals surface area contributed by atoms with Crippen molar-refractivity contribution in [3.05, 3.63) is 0 Å². The summed E-state index contributed by atoms with van der Waals surface area (Å²) in [5.41, 5.74) is 10.4. The molecule has 0 saturated heterocycles. The third-order valence-corrected chi connectivity index (χ3v) is 3.98. The maximum Gasteiger partial charge on any atom is 0.327 e. The second-order valence-electron chi connectivity index (χ2n) is 6.33. The average Bonchev–Trinajstić information content (AvgIpc) is 2.60. The van der Waals surface area contributed by atoms with Crippen LogP contribution >= 0.6 is 12.6 Å². The van der Waals surface area contributed by atoms with Gasteiger partial charge in [-0.3, -0.25) is 19.2 Å². The number of rotatable bonds is 12. The maximum atomic E-state index is 12.3. The van der Waals surface area contributed by atoms with Crippen molar-refractivity contribution in [1.29, 1.82) is 0 Å². The summed E-state index contributed by atoms with van der Waals surface area (Å²) in [6, 6.07) is -5.15. The number of thiol groups is 1. The summed E-state index contributed by atoms with van der Waals surface area (Å²) in [6.45, 7) is 2.41. The Balaban J connectivity index is 5.09. The SMILES string of the molecule is CC(C)C(NC(=O)C(CO)NC(=O)C(N)CC(N)=O)C(=O)NC(CS)C(=O)O. The van der Waals surface area contributed by atoms with Crippen molar-refractivity contribution in [1.82, 2.24) is 16.0 Å². The smallest absolute Gasteiger partial charge is 0.327 e. The molecule has 160 valence electrons. The Morgan fingerprint density at radius 2 is 1.50 bits per heavy atom. The van der Waals surface area contributed by atoms with E-state index >= 15 is 0 Å². The van der Waals surface area contributed by atoms with Gasteiger partial charge in [-0.2, -0.15) is 12.6 Å². The first-order valence-corrected chi connectivity index (χ1v) is 8.97. The molecule has 0 aromatic heterocycles. The fourth-order valence-electron chi connectivity index (χ4n) is 2.02. The van der Waals surface area contributed by atoms with Gasteiger partial charge in [-0.1, -0.05) is 13.8 Å². The summed E-state index contributed by atoms with van der Waals surface area (Å²) in [5.74, 6) is -5.26. The highest BCUT2D eigenvalue weighted by Gasteiger charge is 2.31. The summed E-state index contributed by atoms with van der Waals surface area (Å²) in [6.07, 6.45) is -0.455. The van der Waals surface area contributed by atoms with Crippen LogP contribution in [-0.2, 0) is 24.0 Å². The largest absolute Gasteiger partial charge is 0.480 e. The predicted octanol–water partition coefficient (Wildman–Crippen LogP) is -3.69. The van der Waals surface area contributed by atoms with E-state index in [1.54, 1.807) is 13.8 Å². The Morgan fingerprint density at radius 1 is 0.964 bits per heavy atom. The van der Waals surface area contributed by atoms with E-state index in [1.807, 2.05) is 0 Å². The van der Waals surface area contributed by atoms with Gasteiger partial charge in [-0.05, 0) is 5.92 Å². The van der Waals surface area contributed by atoms with Crippen LogP contribution in [0.4, 0.5) is 0 Å². The zero-order chi connectivity index (χ0) is 22.0. The molecule has 0 aliphatic rings. The normalized spacial score (nSPS) is 15.1. The van der Waals surface area contributed by atoms with Crippen LogP contribution < -0.4 is 27.4 Å². The van der Waals surface area contributed by atoms with E-state index in [0.717, 1.165) is 0 Å². The van der Waals surface area contributed by atoms with Gasteiger partial charge in [-0.25, -0.2) is 4.79 Å². The van der Waals surface area contributed by atoms with Crippen LogP contribution in [-0.4, -0.2) is 76.3 Å². The molecule has 0 bridgehead atoms. The third-order valence-electron chi connectivity index (χ3n) is 3.62. The van der Waals surface area contributed by atoms with Crippen LogP contribution in [0, 0.1) is 5.92 Å². The molecular formula is C15H27N5O7S. The lowest BCUT2D eigenvalue weighted by atomic mass is 10.0. The van der Waals surface area contributed by atoms with Crippen LogP contribution in [0.25, 0.3) is 0 Å². The van der Waals surface area contributed by atoms with E-state index in [1.165, 1.54) is 0 Å². The van der Waals surface area contributed by atoms with E-state index in [2.05, 4.69) is 28.6 Å². The minimum atomic E-state index is -1.44. The number of primary amides is 1. The first-order chi connectivity index (χ1) is 12.9. The summed E-state index contributed by atoms with van der Waals surface area (Å²) in [4.78, 5) is 58.3. The van der Waals surface area contributed by atoms with Gasteiger partial charge >= 0.3 is 5.97 Å². The lowest BCUT2D eigenvalue weighted by Gasteiger charge is -2.26. The van der Waals surface area contributed by atoms with Crippen molar-refractivity contribution in [3.8, 4) is 0 Å². The molecule has 4 amide bonds. The lowest BCUT2D eigenvalue weighted by Crippen LogP contribution is -2.59. The van der Waals surface area contributed by atoms with Crippen molar-refractivity contribution in [2.24, 2.45) is 17.4 Å². The van der Waals surface area contributed by atoms with Crippen molar-refractivity contribution in [3.63, 3.8) is 0 Å². The minimum Gasteiger partial charge on any atom is -0.480 e. The van der Waals surface area contributed by atoms with Gasteiger partial charge in [0, 0.05) is 5.75 Å². The van der Waals surface area contributed by atoms with Crippen molar-refractivity contribution >= 4 is 42.2 Å². The number of hydrogen-bond donors (Lipinski definition) is 8. The van der Waals surface area contributed by atoms with Gasteiger partial charge in [0.1, 0.15) is 18.1 Å². The molecule has 0 aliphatic carbocycles. The first-order valence-electron chi connectivity index (χ1n) is 8.34. The predicted molar refractivity (Wildman–Crippen MR) is 101 cm³/mol. The Bertz CT molecular complexity index is 601. The van der Waals surface area contributed by atoms with Crippen LogP contribution in [0.15, 0.2) is 0 Å². The first kappa shape index (κ1) is 25.6. The molecule has 0 rings (SSSR count). The number of amides is 4. The Morgan fingerprint density at radius 3 is 1.89 bits per heavy atom. The molecule has 0 spiro atoms. The van der Waals surface area contributed by atoms with Gasteiger partial charge in [0.2, 0.25) is 23.6 Å². The topological polar surface area (TPSA) is 214 Å². The number of nitrogens with one attached hydrogen (secondary N) is 3. The van der Waals surface area contributed by atoms with Crippen molar-refractivity contribution < 1.29 is 34.2 Å². The molecule has 4 atom stereocenters. The number of nitrogens with two attached hydrogens (primary N) is 2. The van der Waals surface area contributed by atoms with Gasteiger partial charge in [-0.15, -0.1) is 0 Å². The van der Waals surface area contributed by atoms with E-state index in [4.69, 9.17) is 16.6 Å². The number of aliphatic hydroxyl groups excluding tert-OH is 1. The maximum absolute atomic E-state index is 12.3. The number of aliphatic hydroxyl groups is 1. The molecule has 28 heavy (non-hydrogen) atoms. The standard InChI is InChI=1S/C15H27N5O7S/c1-6(2)11(14(25)19-9(5-28)15(26)27)20-13(24)8(4-21)18-12(23)7(16)3-10(17)22/h6-9,11,21,28H,3-5,16H2,1-2H3,(H2,17,22)(H,18,23)(H,19,25)(H,20,24)(H,26,27). The quantitative estimate of drug-likeness (QED) is 0.146. The second-order valence-corrected chi connectivity index (χ2v) is 6.70. The number of hydrogen-bond acceptors (Lipinski definition) is 8. The summed E-state index contributed by atoms with van der Waals surface area (Å²) in [7, 11) is 0. The summed E-state index contributed by atoms with van der Waals surface area (Å²) in [5, 5.41) is 25.1. The highest BCUT2D eigenvalue weighted by atomic mass is 32.1. The van der Waals surface area contributed by atoms with E-state index < -0.39 is 72.7 Å². The summed E-state index contributed by atoms with van der Waals surface area (Å²) < 4.78 is 0. The van der Waals surface area contributed by atoms with Crippen LogP contribution in [0.3, 0.4) is 0 Å². The molecule has 0 radical (unpaired) electrons. The molecule has 0 fully saturated rings. The highest BCUT2D eigenvalue weighted by Crippen LogP contribution is 2.04. The molecule has 12 nitrogen and oxygen atoms in total. The molecule has 0 aromatic rings. The lowest BCUT2D eigenvalue weighted by molar-refractivity contribution is -0.142. The number of aliphatic carboxylic acids is 1. The van der Waals surface area contributed by atoms with E-state index in [9.17, 15) is 29.1 Å². The molecule has 0 saturated carbocycles. The van der Waals surface area contributed by atoms with Gasteiger partial charge < -0.3 is 37.6 Å².